The van der Waals surface area contributed by atoms with E-state index in [1.54, 1.807) is 14.2 Å². The van der Waals surface area contributed by atoms with E-state index in [0.29, 0.717) is 18.4 Å². The predicted octanol–water partition coefficient (Wildman–Crippen LogP) is 1.77. The first kappa shape index (κ1) is 23.0. The molecule has 0 unspecified atom stereocenters. The Hall–Kier alpha value is -2.33. The third-order valence-corrected chi connectivity index (χ3v) is 5.08. The quantitative estimate of drug-likeness (QED) is 0.775. The summed E-state index contributed by atoms with van der Waals surface area (Å²) in [5.74, 6) is -0.911. The van der Waals surface area contributed by atoms with Gasteiger partial charge in [0.05, 0.1) is 26.2 Å². The largest absolute Gasteiger partial charge is 0.497 e. The number of halogens is 3. The van der Waals surface area contributed by atoms with Crippen molar-refractivity contribution >= 4 is 11.9 Å². The predicted molar refractivity (Wildman–Crippen MR) is 97.3 cm³/mol. The molecule has 0 bridgehead atoms. The van der Waals surface area contributed by atoms with Crippen molar-refractivity contribution in [2.24, 2.45) is 17.8 Å². The van der Waals surface area contributed by atoms with Crippen molar-refractivity contribution in [1.29, 1.82) is 0 Å². The van der Waals surface area contributed by atoms with Crippen LogP contribution in [0, 0.1) is 17.8 Å². The second kappa shape index (κ2) is 9.93. The van der Waals surface area contributed by atoms with E-state index >= 15 is 0 Å². The minimum Gasteiger partial charge on any atom is -0.497 e. The van der Waals surface area contributed by atoms with Gasteiger partial charge in [-0.15, -0.1) is 0 Å². The second-order valence-corrected chi connectivity index (χ2v) is 7.03. The van der Waals surface area contributed by atoms with Gasteiger partial charge in [-0.3, -0.25) is 9.69 Å². The molecule has 1 aromatic rings. The van der Waals surface area contributed by atoms with E-state index in [2.05, 4.69) is 22.3 Å². The molecule has 0 radical (unpaired) electrons. The fraction of sp³-hybridized carbons (Fsp3) is 0.579. The van der Waals surface area contributed by atoms with Crippen molar-refractivity contribution < 1.29 is 37.3 Å². The average Bonchev–Trinajstić information content (AvgIpc) is 3.09. The molecule has 1 aromatic carbocycles. The average molecular weight is 418 g/mol. The highest BCUT2D eigenvalue weighted by molar-refractivity contribution is 5.79. The second-order valence-electron chi connectivity index (χ2n) is 7.03. The first-order valence-corrected chi connectivity index (χ1v) is 9.10. The van der Waals surface area contributed by atoms with Crippen LogP contribution in [0.15, 0.2) is 24.3 Å². The molecule has 2 heterocycles. The molecule has 0 spiro atoms. The number of likely N-dealkylation sites (tertiary alicyclic amines) is 1. The summed E-state index contributed by atoms with van der Waals surface area (Å²) >= 11 is 0. The lowest BCUT2D eigenvalue weighted by atomic mass is 9.82. The molecule has 29 heavy (non-hydrogen) atoms. The summed E-state index contributed by atoms with van der Waals surface area (Å²) in [4.78, 5) is 23.4. The van der Waals surface area contributed by atoms with Crippen LogP contribution in [0.4, 0.5) is 13.2 Å². The highest BCUT2D eigenvalue weighted by atomic mass is 19.4. The highest BCUT2D eigenvalue weighted by Gasteiger charge is 2.43. The summed E-state index contributed by atoms with van der Waals surface area (Å²) in [7, 11) is 3.39. The molecule has 0 saturated carbocycles. The summed E-state index contributed by atoms with van der Waals surface area (Å²) in [6.07, 6.45) is -5.08. The number of carbonyl (C=O) groups excluding carboxylic acids is 1. The number of nitrogens with zero attached hydrogens (tertiary/aromatic N) is 1. The molecule has 0 aliphatic carbocycles. The summed E-state index contributed by atoms with van der Waals surface area (Å²) in [5.41, 5.74) is 1.25. The van der Waals surface area contributed by atoms with Crippen LogP contribution >= 0.6 is 0 Å². The molecule has 0 aromatic heterocycles. The molecule has 2 saturated heterocycles. The zero-order chi connectivity index (χ0) is 21.6. The number of carboxylic acid groups (broad SMARTS) is 1. The lowest BCUT2D eigenvalue weighted by molar-refractivity contribution is -0.192. The van der Waals surface area contributed by atoms with E-state index in [9.17, 15) is 18.0 Å². The normalized spacial score (nSPS) is 24.1. The summed E-state index contributed by atoms with van der Waals surface area (Å²) in [5, 5.41) is 9.90. The molecule has 162 valence electrons. The molecule has 1 amide bonds. The van der Waals surface area contributed by atoms with E-state index in [1.165, 1.54) is 5.56 Å². The van der Waals surface area contributed by atoms with Gasteiger partial charge in [0.15, 0.2) is 0 Å². The van der Waals surface area contributed by atoms with Crippen LogP contribution in [-0.2, 0) is 20.9 Å². The standard InChI is InChI=1S/C17H24N2O3.C2HF3O2/c1-18-17(20)16-11-22-10-13-8-19(9-15(13)16)7-12-4-3-5-14(6-12)21-2;3-2(4,5)1(6)7/h3-6,13,15-16H,7-11H2,1-2H3,(H,18,20);(H,6,7)/t13-,15-,16-;/m1./s1. The Bertz CT molecular complexity index is 713. The van der Waals surface area contributed by atoms with Gasteiger partial charge in [-0.25, -0.2) is 4.79 Å². The first-order chi connectivity index (χ1) is 13.7. The highest BCUT2D eigenvalue weighted by Crippen LogP contribution is 2.35. The van der Waals surface area contributed by atoms with Crippen molar-refractivity contribution in [1.82, 2.24) is 10.2 Å². The zero-order valence-electron chi connectivity index (χ0n) is 16.2. The number of fused-ring (bicyclic) bond motifs is 1. The summed E-state index contributed by atoms with van der Waals surface area (Å²) in [6, 6.07) is 8.18. The van der Waals surface area contributed by atoms with Gasteiger partial charge < -0.3 is 19.9 Å². The van der Waals surface area contributed by atoms with Crippen LogP contribution in [-0.4, -0.2) is 68.5 Å². The number of alkyl halides is 3. The van der Waals surface area contributed by atoms with Gasteiger partial charge >= 0.3 is 12.1 Å². The maximum absolute atomic E-state index is 12.0. The number of methoxy groups -OCH3 is 1. The molecule has 3 atom stereocenters. The van der Waals surface area contributed by atoms with Crippen LogP contribution in [0.5, 0.6) is 5.75 Å². The van der Waals surface area contributed by atoms with Gasteiger partial charge in [0.1, 0.15) is 5.75 Å². The van der Waals surface area contributed by atoms with Crippen LogP contribution < -0.4 is 10.1 Å². The molecule has 2 N–H and O–H groups in total. The molecule has 2 fully saturated rings. The summed E-state index contributed by atoms with van der Waals surface area (Å²) in [6.45, 7) is 4.17. The van der Waals surface area contributed by atoms with Crippen LogP contribution in [0.1, 0.15) is 5.56 Å². The SMILES string of the molecule is CNC(=O)[C@@H]1COC[C@H]2CN(Cc3cccc(OC)c3)C[C@H]21.O=C(O)C(F)(F)F. The number of carbonyl (C=O) groups is 2. The van der Waals surface area contributed by atoms with Crippen LogP contribution in [0.3, 0.4) is 0 Å². The van der Waals surface area contributed by atoms with Crippen molar-refractivity contribution in [2.45, 2.75) is 12.7 Å². The van der Waals surface area contributed by atoms with Gasteiger partial charge in [0, 0.05) is 26.7 Å². The van der Waals surface area contributed by atoms with E-state index in [0.717, 1.165) is 32.0 Å². The Labute approximate surface area is 166 Å². The van der Waals surface area contributed by atoms with Crippen molar-refractivity contribution in [2.75, 3.05) is 40.5 Å². The topological polar surface area (TPSA) is 88.1 Å². The van der Waals surface area contributed by atoms with Crippen molar-refractivity contribution in [3.8, 4) is 5.75 Å². The van der Waals surface area contributed by atoms with Gasteiger partial charge in [-0.1, -0.05) is 12.1 Å². The number of rotatable bonds is 4. The Morgan fingerprint density at radius 2 is 2.00 bits per heavy atom. The number of amides is 1. The number of carboxylic acids is 1. The molecule has 7 nitrogen and oxygen atoms in total. The number of aliphatic carboxylic acids is 1. The van der Waals surface area contributed by atoms with Crippen LogP contribution in [0.2, 0.25) is 0 Å². The Balaban J connectivity index is 0.000000370. The van der Waals surface area contributed by atoms with Crippen molar-refractivity contribution in [3.63, 3.8) is 0 Å². The monoisotopic (exact) mass is 418 g/mol. The third kappa shape index (κ3) is 6.33. The van der Waals surface area contributed by atoms with E-state index in [-0.39, 0.29) is 11.8 Å². The number of nitrogens with one attached hydrogen (secondary N) is 1. The Morgan fingerprint density at radius 3 is 2.59 bits per heavy atom. The van der Waals surface area contributed by atoms with E-state index in [1.807, 2.05) is 12.1 Å². The third-order valence-electron chi connectivity index (χ3n) is 5.08. The van der Waals surface area contributed by atoms with Crippen LogP contribution in [0.25, 0.3) is 0 Å². The van der Waals surface area contributed by atoms with Crippen molar-refractivity contribution in [3.05, 3.63) is 29.8 Å². The van der Waals surface area contributed by atoms with Gasteiger partial charge in [-0.05, 0) is 29.5 Å². The molecular formula is C19H25F3N2O5. The fourth-order valence-electron chi connectivity index (χ4n) is 3.70. The van der Waals surface area contributed by atoms with E-state index < -0.39 is 12.1 Å². The fourth-order valence-corrected chi connectivity index (χ4v) is 3.70. The summed E-state index contributed by atoms with van der Waals surface area (Å²) < 4.78 is 42.7. The maximum atomic E-state index is 12.0. The Kier molecular flexibility index (Phi) is 7.86. The number of hydrogen-bond acceptors (Lipinski definition) is 5. The number of benzene rings is 1. The minimum atomic E-state index is -5.08. The Morgan fingerprint density at radius 1 is 1.31 bits per heavy atom. The van der Waals surface area contributed by atoms with Gasteiger partial charge in [-0.2, -0.15) is 13.2 Å². The number of ether oxygens (including phenoxy) is 2. The minimum absolute atomic E-state index is 0.0148. The zero-order valence-corrected chi connectivity index (χ0v) is 16.2. The lowest BCUT2D eigenvalue weighted by Crippen LogP contribution is -2.43. The molecule has 2 aliphatic rings. The lowest BCUT2D eigenvalue weighted by Gasteiger charge is -2.31. The molecular weight excluding hydrogens is 393 g/mol. The smallest absolute Gasteiger partial charge is 0.490 e. The maximum Gasteiger partial charge on any atom is 0.490 e. The van der Waals surface area contributed by atoms with Gasteiger partial charge in [0.25, 0.3) is 0 Å². The van der Waals surface area contributed by atoms with E-state index in [4.69, 9.17) is 19.4 Å². The molecule has 2 aliphatic heterocycles. The molecule has 3 rings (SSSR count). The first-order valence-electron chi connectivity index (χ1n) is 9.10. The van der Waals surface area contributed by atoms with Gasteiger partial charge in [0.2, 0.25) is 5.91 Å². The molecule has 10 heteroatoms. The number of hydrogen-bond donors (Lipinski definition) is 2.